The molecule has 0 amide bonds. The van der Waals surface area contributed by atoms with Gasteiger partial charge in [0.05, 0.1) is 12.3 Å². The Kier molecular flexibility index (Phi) is 3.92. The van der Waals surface area contributed by atoms with E-state index in [4.69, 9.17) is 9.56 Å². The number of benzene rings is 1. The number of nitrogens with one attached hydrogen (secondary N) is 1. The van der Waals surface area contributed by atoms with Crippen molar-refractivity contribution in [2.24, 2.45) is 5.14 Å². The van der Waals surface area contributed by atoms with E-state index in [0.29, 0.717) is 12.1 Å². The second-order valence-corrected chi connectivity index (χ2v) is 5.98. The van der Waals surface area contributed by atoms with E-state index in [1.54, 1.807) is 12.1 Å². The number of aryl methyl sites for hydroxylation is 1. The van der Waals surface area contributed by atoms with Gasteiger partial charge in [-0.3, -0.25) is 0 Å². The second kappa shape index (κ2) is 5.46. The standard InChI is InChI=1S/C13H16N2O3S/c1-10-2-7-13(18-10)8-15-12-5-3-11(4-6-12)9-19(14,16)17/h2-7,15H,8-9H2,1H3,(H2,14,16,17). The Morgan fingerprint density at radius 1 is 1.16 bits per heavy atom. The third-order valence-electron chi connectivity index (χ3n) is 2.58. The van der Waals surface area contributed by atoms with Gasteiger partial charge in [0, 0.05) is 5.69 Å². The van der Waals surface area contributed by atoms with Crippen molar-refractivity contribution in [1.82, 2.24) is 0 Å². The molecule has 0 saturated heterocycles. The van der Waals surface area contributed by atoms with Crippen LogP contribution in [0.2, 0.25) is 0 Å². The van der Waals surface area contributed by atoms with Gasteiger partial charge in [-0.1, -0.05) is 12.1 Å². The number of furan rings is 1. The maximum atomic E-state index is 10.9. The predicted molar refractivity (Wildman–Crippen MR) is 74.0 cm³/mol. The van der Waals surface area contributed by atoms with Gasteiger partial charge in [-0.05, 0) is 36.8 Å². The number of anilines is 1. The lowest BCUT2D eigenvalue weighted by Crippen LogP contribution is -2.14. The molecule has 3 N–H and O–H groups in total. The average molecular weight is 280 g/mol. The molecule has 0 aliphatic carbocycles. The molecule has 0 aliphatic heterocycles. The Bertz CT molecular complexity index is 645. The minimum Gasteiger partial charge on any atom is -0.465 e. The molecule has 2 rings (SSSR count). The molecule has 1 aromatic carbocycles. The molecule has 0 radical (unpaired) electrons. The molecule has 19 heavy (non-hydrogen) atoms. The van der Waals surface area contributed by atoms with Crippen LogP contribution in [0.5, 0.6) is 0 Å². The first kappa shape index (κ1) is 13.6. The topological polar surface area (TPSA) is 85.3 Å². The molecule has 0 atom stereocenters. The molecule has 0 fully saturated rings. The van der Waals surface area contributed by atoms with Crippen molar-refractivity contribution in [3.05, 3.63) is 53.5 Å². The van der Waals surface area contributed by atoms with Crippen LogP contribution in [0.1, 0.15) is 17.1 Å². The molecule has 2 aromatic rings. The van der Waals surface area contributed by atoms with Gasteiger partial charge in [0.1, 0.15) is 11.5 Å². The van der Waals surface area contributed by atoms with Crippen LogP contribution in [-0.4, -0.2) is 8.42 Å². The Hall–Kier alpha value is -1.79. The molecule has 6 heteroatoms. The molecule has 0 spiro atoms. The van der Waals surface area contributed by atoms with Gasteiger partial charge < -0.3 is 9.73 Å². The van der Waals surface area contributed by atoms with E-state index >= 15 is 0 Å². The SMILES string of the molecule is Cc1ccc(CNc2ccc(CS(N)(=O)=O)cc2)o1. The first-order valence-electron chi connectivity index (χ1n) is 5.81. The smallest absolute Gasteiger partial charge is 0.213 e. The Labute approximate surface area is 112 Å². The van der Waals surface area contributed by atoms with Crippen LogP contribution in [-0.2, 0) is 22.3 Å². The van der Waals surface area contributed by atoms with E-state index in [1.165, 1.54) is 0 Å². The molecule has 0 bridgehead atoms. The highest BCUT2D eigenvalue weighted by Crippen LogP contribution is 2.13. The van der Waals surface area contributed by atoms with Crippen molar-refractivity contribution in [2.75, 3.05) is 5.32 Å². The van der Waals surface area contributed by atoms with Gasteiger partial charge in [-0.25, -0.2) is 13.6 Å². The quantitative estimate of drug-likeness (QED) is 0.877. The van der Waals surface area contributed by atoms with Gasteiger partial charge in [0.25, 0.3) is 0 Å². The van der Waals surface area contributed by atoms with Crippen molar-refractivity contribution < 1.29 is 12.8 Å². The number of hydrogen-bond donors (Lipinski definition) is 2. The van der Waals surface area contributed by atoms with Crippen molar-refractivity contribution in [2.45, 2.75) is 19.2 Å². The summed E-state index contributed by atoms with van der Waals surface area (Å²) >= 11 is 0. The summed E-state index contributed by atoms with van der Waals surface area (Å²) in [4.78, 5) is 0. The van der Waals surface area contributed by atoms with Crippen LogP contribution in [0.3, 0.4) is 0 Å². The highest BCUT2D eigenvalue weighted by atomic mass is 32.2. The summed E-state index contributed by atoms with van der Waals surface area (Å²) in [6, 6.07) is 10.9. The van der Waals surface area contributed by atoms with E-state index in [9.17, 15) is 8.42 Å². The monoisotopic (exact) mass is 280 g/mol. The summed E-state index contributed by atoms with van der Waals surface area (Å²) < 4.78 is 27.3. The highest BCUT2D eigenvalue weighted by molar-refractivity contribution is 7.88. The molecule has 0 unspecified atom stereocenters. The minimum atomic E-state index is -3.48. The molecule has 1 aromatic heterocycles. The van der Waals surface area contributed by atoms with Crippen LogP contribution < -0.4 is 10.5 Å². The molecule has 1 heterocycles. The molecular weight excluding hydrogens is 264 g/mol. The molecule has 0 aliphatic rings. The summed E-state index contributed by atoms with van der Waals surface area (Å²) in [6.45, 7) is 2.48. The minimum absolute atomic E-state index is 0.148. The first-order valence-corrected chi connectivity index (χ1v) is 7.52. The normalized spacial score (nSPS) is 11.5. The lowest BCUT2D eigenvalue weighted by molar-refractivity contribution is 0.490. The van der Waals surface area contributed by atoms with E-state index in [-0.39, 0.29) is 5.75 Å². The largest absolute Gasteiger partial charge is 0.465 e. The molecule has 0 saturated carbocycles. The van der Waals surface area contributed by atoms with E-state index in [1.807, 2.05) is 31.2 Å². The first-order chi connectivity index (χ1) is 8.92. The van der Waals surface area contributed by atoms with Crippen LogP contribution in [0.4, 0.5) is 5.69 Å². The van der Waals surface area contributed by atoms with Crippen LogP contribution in [0.25, 0.3) is 0 Å². The zero-order chi connectivity index (χ0) is 13.9. The predicted octanol–water partition coefficient (Wildman–Crippen LogP) is 1.99. The average Bonchev–Trinajstić information content (AvgIpc) is 2.72. The van der Waals surface area contributed by atoms with Crippen molar-refractivity contribution >= 4 is 15.7 Å². The number of hydrogen-bond acceptors (Lipinski definition) is 4. The third kappa shape index (κ3) is 4.42. The summed E-state index contributed by atoms with van der Waals surface area (Å²) in [6.07, 6.45) is 0. The molecule has 102 valence electrons. The zero-order valence-electron chi connectivity index (χ0n) is 10.6. The van der Waals surface area contributed by atoms with Gasteiger partial charge >= 0.3 is 0 Å². The van der Waals surface area contributed by atoms with Gasteiger partial charge in [0.15, 0.2) is 0 Å². The van der Waals surface area contributed by atoms with Crippen molar-refractivity contribution in [3.63, 3.8) is 0 Å². The van der Waals surface area contributed by atoms with E-state index in [2.05, 4.69) is 5.32 Å². The molecule has 5 nitrogen and oxygen atoms in total. The van der Waals surface area contributed by atoms with Gasteiger partial charge in [-0.15, -0.1) is 0 Å². The zero-order valence-corrected chi connectivity index (χ0v) is 11.4. The Balaban J connectivity index is 1.95. The molecular formula is C13H16N2O3S. The summed E-state index contributed by atoms with van der Waals surface area (Å²) in [5, 5.41) is 8.18. The van der Waals surface area contributed by atoms with Gasteiger partial charge in [0.2, 0.25) is 10.0 Å². The van der Waals surface area contributed by atoms with Crippen LogP contribution in [0, 0.1) is 6.92 Å². The number of nitrogens with two attached hydrogens (primary N) is 1. The van der Waals surface area contributed by atoms with Crippen molar-refractivity contribution in [3.8, 4) is 0 Å². The van der Waals surface area contributed by atoms with Gasteiger partial charge in [-0.2, -0.15) is 0 Å². The Morgan fingerprint density at radius 2 is 1.84 bits per heavy atom. The lowest BCUT2D eigenvalue weighted by Gasteiger charge is -2.05. The maximum Gasteiger partial charge on any atom is 0.213 e. The fraction of sp³-hybridized carbons (Fsp3) is 0.231. The summed E-state index contributed by atoms with van der Waals surface area (Å²) in [5.41, 5.74) is 1.56. The number of sulfonamides is 1. The van der Waals surface area contributed by atoms with E-state index < -0.39 is 10.0 Å². The fourth-order valence-electron chi connectivity index (χ4n) is 1.72. The summed E-state index contributed by atoms with van der Waals surface area (Å²) in [7, 11) is -3.48. The third-order valence-corrected chi connectivity index (χ3v) is 3.32. The number of primary sulfonamides is 1. The van der Waals surface area contributed by atoms with Crippen LogP contribution in [0.15, 0.2) is 40.8 Å². The van der Waals surface area contributed by atoms with E-state index in [0.717, 1.165) is 17.2 Å². The summed E-state index contributed by atoms with van der Waals surface area (Å²) in [5.74, 6) is 1.58. The second-order valence-electron chi connectivity index (χ2n) is 4.37. The van der Waals surface area contributed by atoms with Crippen molar-refractivity contribution in [1.29, 1.82) is 0 Å². The Morgan fingerprint density at radius 3 is 2.37 bits per heavy atom. The lowest BCUT2D eigenvalue weighted by atomic mass is 10.2. The highest BCUT2D eigenvalue weighted by Gasteiger charge is 2.04. The number of rotatable bonds is 5. The fourth-order valence-corrected chi connectivity index (χ4v) is 2.38. The maximum absolute atomic E-state index is 10.9. The van der Waals surface area contributed by atoms with Crippen LogP contribution >= 0.6 is 0 Å².